The van der Waals surface area contributed by atoms with E-state index in [-0.39, 0.29) is 5.78 Å². The lowest BCUT2D eigenvalue weighted by atomic mass is 10.1. The Hall–Kier alpha value is -1.51. The van der Waals surface area contributed by atoms with E-state index in [0.29, 0.717) is 27.1 Å². The van der Waals surface area contributed by atoms with E-state index >= 15 is 0 Å². The Morgan fingerprint density at radius 3 is 2.39 bits per heavy atom. The fourth-order valence-electron chi connectivity index (χ4n) is 1.53. The van der Waals surface area contributed by atoms with Crippen LogP contribution in [0.15, 0.2) is 42.5 Å². The van der Waals surface area contributed by atoms with Crippen molar-refractivity contribution in [1.29, 1.82) is 0 Å². The lowest BCUT2D eigenvalue weighted by Gasteiger charge is -2.10. The SMILES string of the molecule is CC(=O)c1ccccc1Oc1cccc(Cl)c1Cl. The first-order valence-electron chi connectivity index (χ1n) is 5.31. The summed E-state index contributed by atoms with van der Waals surface area (Å²) in [4.78, 5) is 11.5. The smallest absolute Gasteiger partial charge is 0.163 e. The van der Waals surface area contributed by atoms with Gasteiger partial charge in [0.2, 0.25) is 0 Å². The van der Waals surface area contributed by atoms with Crippen LogP contribution in [0.1, 0.15) is 17.3 Å². The van der Waals surface area contributed by atoms with Gasteiger partial charge < -0.3 is 4.74 Å². The van der Waals surface area contributed by atoms with E-state index in [1.54, 1.807) is 42.5 Å². The molecule has 0 radical (unpaired) electrons. The van der Waals surface area contributed by atoms with Crippen LogP contribution in [-0.4, -0.2) is 5.78 Å². The highest BCUT2D eigenvalue weighted by Crippen LogP contribution is 2.35. The molecule has 18 heavy (non-hydrogen) atoms. The highest BCUT2D eigenvalue weighted by Gasteiger charge is 2.11. The van der Waals surface area contributed by atoms with Gasteiger partial charge in [-0.15, -0.1) is 0 Å². The molecule has 0 unspecified atom stereocenters. The van der Waals surface area contributed by atoms with E-state index in [1.165, 1.54) is 6.92 Å². The number of carbonyl (C=O) groups excluding carboxylic acids is 1. The Kier molecular flexibility index (Phi) is 3.90. The van der Waals surface area contributed by atoms with Gasteiger partial charge in [0.1, 0.15) is 16.5 Å². The van der Waals surface area contributed by atoms with Gasteiger partial charge in [-0.1, -0.05) is 41.4 Å². The summed E-state index contributed by atoms with van der Waals surface area (Å²) in [5.74, 6) is 0.829. The molecule has 0 fully saturated rings. The van der Waals surface area contributed by atoms with Crippen molar-refractivity contribution in [3.05, 3.63) is 58.1 Å². The summed E-state index contributed by atoms with van der Waals surface area (Å²) in [6.45, 7) is 1.49. The van der Waals surface area contributed by atoms with Crippen molar-refractivity contribution in [2.24, 2.45) is 0 Å². The normalized spacial score (nSPS) is 10.2. The molecule has 2 rings (SSSR count). The van der Waals surface area contributed by atoms with Crippen LogP contribution in [0.4, 0.5) is 0 Å². The quantitative estimate of drug-likeness (QED) is 0.741. The predicted molar refractivity (Wildman–Crippen MR) is 73.0 cm³/mol. The second-order valence-electron chi connectivity index (χ2n) is 3.71. The molecule has 0 saturated carbocycles. The van der Waals surface area contributed by atoms with E-state index in [4.69, 9.17) is 27.9 Å². The highest BCUT2D eigenvalue weighted by atomic mass is 35.5. The van der Waals surface area contributed by atoms with Crippen molar-refractivity contribution in [3.63, 3.8) is 0 Å². The van der Waals surface area contributed by atoms with Crippen molar-refractivity contribution in [2.45, 2.75) is 6.92 Å². The number of ether oxygens (including phenoxy) is 1. The molecule has 0 spiro atoms. The molecule has 2 aromatic carbocycles. The number of rotatable bonds is 3. The van der Waals surface area contributed by atoms with Crippen LogP contribution in [0.2, 0.25) is 10.0 Å². The fraction of sp³-hybridized carbons (Fsp3) is 0.0714. The second-order valence-corrected chi connectivity index (χ2v) is 4.49. The van der Waals surface area contributed by atoms with Gasteiger partial charge in [0.05, 0.1) is 10.6 Å². The summed E-state index contributed by atoms with van der Waals surface area (Å²) in [6.07, 6.45) is 0. The molecule has 0 bridgehead atoms. The van der Waals surface area contributed by atoms with Gasteiger partial charge in [0.15, 0.2) is 5.78 Å². The predicted octanol–water partition coefficient (Wildman–Crippen LogP) is 4.99. The molecule has 0 aliphatic rings. The summed E-state index contributed by atoms with van der Waals surface area (Å²) >= 11 is 11.9. The Balaban J connectivity index is 2.40. The molecule has 0 saturated heterocycles. The summed E-state index contributed by atoms with van der Waals surface area (Å²) < 4.78 is 5.65. The maximum atomic E-state index is 11.5. The topological polar surface area (TPSA) is 26.3 Å². The first-order chi connectivity index (χ1) is 8.59. The summed E-state index contributed by atoms with van der Waals surface area (Å²) in [5, 5.41) is 0.743. The molecular weight excluding hydrogens is 271 g/mol. The third-order valence-corrected chi connectivity index (χ3v) is 3.20. The lowest BCUT2D eigenvalue weighted by molar-refractivity contribution is 0.101. The van der Waals surface area contributed by atoms with Gasteiger partial charge in [0, 0.05) is 0 Å². The van der Waals surface area contributed by atoms with Gasteiger partial charge in [-0.2, -0.15) is 0 Å². The van der Waals surface area contributed by atoms with E-state index in [9.17, 15) is 4.79 Å². The van der Waals surface area contributed by atoms with Crippen molar-refractivity contribution in [2.75, 3.05) is 0 Å². The number of hydrogen-bond acceptors (Lipinski definition) is 2. The zero-order valence-electron chi connectivity index (χ0n) is 9.61. The molecule has 2 nitrogen and oxygen atoms in total. The van der Waals surface area contributed by atoms with Gasteiger partial charge in [-0.3, -0.25) is 4.79 Å². The standard InChI is InChI=1S/C14H10Cl2O2/c1-9(17)10-5-2-3-7-12(10)18-13-8-4-6-11(15)14(13)16/h2-8H,1H3. The van der Waals surface area contributed by atoms with Crippen LogP contribution in [-0.2, 0) is 0 Å². The Morgan fingerprint density at radius 2 is 1.67 bits per heavy atom. The largest absolute Gasteiger partial charge is 0.455 e. The number of hydrogen-bond donors (Lipinski definition) is 0. The fourth-order valence-corrected chi connectivity index (χ4v) is 1.86. The molecule has 0 aromatic heterocycles. The van der Waals surface area contributed by atoms with Crippen molar-refractivity contribution in [3.8, 4) is 11.5 Å². The average molecular weight is 281 g/mol. The van der Waals surface area contributed by atoms with Gasteiger partial charge in [0.25, 0.3) is 0 Å². The van der Waals surface area contributed by atoms with Gasteiger partial charge in [-0.05, 0) is 31.2 Å². The molecule has 0 atom stereocenters. The Bertz CT molecular complexity index is 594. The molecular formula is C14H10Cl2O2. The Morgan fingerprint density at radius 1 is 1.00 bits per heavy atom. The minimum absolute atomic E-state index is 0.0660. The zero-order chi connectivity index (χ0) is 13.1. The van der Waals surface area contributed by atoms with Crippen LogP contribution in [0.3, 0.4) is 0 Å². The molecule has 4 heteroatoms. The van der Waals surface area contributed by atoms with Crippen LogP contribution >= 0.6 is 23.2 Å². The van der Waals surface area contributed by atoms with Gasteiger partial charge >= 0.3 is 0 Å². The van der Waals surface area contributed by atoms with E-state index < -0.39 is 0 Å². The van der Waals surface area contributed by atoms with E-state index in [1.807, 2.05) is 0 Å². The monoisotopic (exact) mass is 280 g/mol. The summed E-state index contributed by atoms with van der Waals surface area (Å²) in [7, 11) is 0. The van der Waals surface area contributed by atoms with Gasteiger partial charge in [-0.25, -0.2) is 0 Å². The third kappa shape index (κ3) is 2.66. The molecule has 0 aliphatic carbocycles. The number of para-hydroxylation sites is 1. The number of benzene rings is 2. The summed E-state index contributed by atoms with van der Waals surface area (Å²) in [5.41, 5.74) is 0.508. The summed E-state index contributed by atoms with van der Waals surface area (Å²) in [6, 6.07) is 12.1. The third-order valence-electron chi connectivity index (χ3n) is 2.40. The number of halogens is 2. The van der Waals surface area contributed by atoms with E-state index in [0.717, 1.165) is 0 Å². The first-order valence-corrected chi connectivity index (χ1v) is 6.07. The molecule has 2 aromatic rings. The molecule has 0 amide bonds. The molecule has 92 valence electrons. The molecule has 0 aliphatic heterocycles. The van der Waals surface area contributed by atoms with E-state index in [2.05, 4.69) is 0 Å². The minimum Gasteiger partial charge on any atom is -0.455 e. The van der Waals surface area contributed by atoms with Crippen LogP contribution in [0, 0.1) is 0 Å². The molecule has 0 N–H and O–H groups in total. The van der Waals surface area contributed by atoms with Crippen molar-refractivity contribution >= 4 is 29.0 Å². The number of Topliss-reactive ketones (excluding diaryl/α,β-unsaturated/α-hetero) is 1. The van der Waals surface area contributed by atoms with Crippen molar-refractivity contribution < 1.29 is 9.53 Å². The lowest BCUT2D eigenvalue weighted by Crippen LogP contribution is -1.96. The minimum atomic E-state index is -0.0660. The number of ketones is 1. The highest BCUT2D eigenvalue weighted by molar-refractivity contribution is 6.42. The maximum Gasteiger partial charge on any atom is 0.163 e. The van der Waals surface area contributed by atoms with Crippen LogP contribution in [0.5, 0.6) is 11.5 Å². The van der Waals surface area contributed by atoms with Crippen molar-refractivity contribution in [1.82, 2.24) is 0 Å². The number of carbonyl (C=O) groups is 1. The average Bonchev–Trinajstić information content (AvgIpc) is 2.35. The maximum absolute atomic E-state index is 11.5. The molecule has 0 heterocycles. The Labute approximate surface area is 115 Å². The second kappa shape index (κ2) is 5.42. The van der Waals surface area contributed by atoms with Crippen LogP contribution < -0.4 is 4.74 Å². The first kappa shape index (κ1) is 12.9. The zero-order valence-corrected chi connectivity index (χ0v) is 11.1. The van der Waals surface area contributed by atoms with Crippen LogP contribution in [0.25, 0.3) is 0 Å².